The molecule has 0 radical (unpaired) electrons. The third-order valence-electron chi connectivity index (χ3n) is 6.52. The summed E-state index contributed by atoms with van der Waals surface area (Å²) >= 11 is 3.42. The van der Waals surface area contributed by atoms with Gasteiger partial charge in [0.1, 0.15) is 0 Å². The van der Waals surface area contributed by atoms with Gasteiger partial charge in [-0.3, -0.25) is 19.5 Å². The molecule has 2 amide bonds. The Morgan fingerprint density at radius 2 is 1.82 bits per heavy atom. The molecule has 0 bridgehead atoms. The summed E-state index contributed by atoms with van der Waals surface area (Å²) in [6.45, 7) is 1.25. The van der Waals surface area contributed by atoms with Gasteiger partial charge < -0.3 is 10.6 Å². The highest BCUT2D eigenvalue weighted by Crippen LogP contribution is 2.35. The van der Waals surface area contributed by atoms with Crippen molar-refractivity contribution < 1.29 is 22.8 Å². The summed E-state index contributed by atoms with van der Waals surface area (Å²) in [4.78, 5) is 31.2. The van der Waals surface area contributed by atoms with E-state index in [0.29, 0.717) is 12.0 Å². The molecule has 10 heteroatoms. The standard InChI is InChI=1S/C24H26BrF3N4O2/c25-18-6-9-21(29-11-18)15-4-7-20(8-5-15)32-13-19(14-32)31-22(33)12-30-23(34)16-2-1-3-17(10-16)24(26,27)28/h1-3,6,9-11,15,19-20H,4-5,7-8,12-14H2,(H,30,34)(H,31,33). The number of hydrogen-bond donors (Lipinski definition) is 2. The first-order chi connectivity index (χ1) is 16.2. The fraction of sp³-hybridized carbons (Fsp3) is 0.458. The van der Waals surface area contributed by atoms with Crippen LogP contribution in [0.25, 0.3) is 0 Å². The molecule has 182 valence electrons. The number of amides is 2. The fourth-order valence-corrected chi connectivity index (χ4v) is 4.88. The predicted octanol–water partition coefficient (Wildman–Crippen LogP) is 4.12. The number of alkyl halides is 3. The Balaban J connectivity index is 1.15. The van der Waals surface area contributed by atoms with Gasteiger partial charge in [-0.05, 0) is 71.9 Å². The third-order valence-corrected chi connectivity index (χ3v) is 6.99. The third kappa shape index (κ3) is 6.15. The van der Waals surface area contributed by atoms with E-state index < -0.39 is 17.6 Å². The quantitative estimate of drug-likeness (QED) is 0.580. The number of benzene rings is 1. The summed E-state index contributed by atoms with van der Waals surface area (Å²) in [7, 11) is 0. The summed E-state index contributed by atoms with van der Waals surface area (Å²) in [5.41, 5.74) is 0.107. The average molecular weight is 539 g/mol. The van der Waals surface area contributed by atoms with Crippen LogP contribution in [-0.2, 0) is 11.0 Å². The van der Waals surface area contributed by atoms with Crippen LogP contribution in [-0.4, -0.2) is 53.4 Å². The number of rotatable bonds is 6. The number of carbonyl (C=O) groups excluding carboxylic acids is 2. The van der Waals surface area contributed by atoms with Crippen molar-refractivity contribution in [2.45, 2.75) is 49.9 Å². The van der Waals surface area contributed by atoms with Crippen molar-refractivity contribution in [1.82, 2.24) is 20.5 Å². The number of aromatic nitrogens is 1. The van der Waals surface area contributed by atoms with Gasteiger partial charge in [-0.2, -0.15) is 13.2 Å². The van der Waals surface area contributed by atoms with Crippen molar-refractivity contribution in [2.24, 2.45) is 0 Å². The second-order valence-electron chi connectivity index (χ2n) is 8.89. The molecule has 1 aromatic heterocycles. The fourth-order valence-electron chi connectivity index (χ4n) is 4.65. The zero-order chi connectivity index (χ0) is 24.3. The first-order valence-electron chi connectivity index (χ1n) is 11.3. The number of nitrogens with one attached hydrogen (secondary N) is 2. The Morgan fingerprint density at radius 3 is 2.47 bits per heavy atom. The summed E-state index contributed by atoms with van der Waals surface area (Å²) in [6, 6.07) is 8.76. The Morgan fingerprint density at radius 1 is 1.09 bits per heavy atom. The minimum atomic E-state index is -4.53. The molecule has 2 aromatic rings. The minimum Gasteiger partial charge on any atom is -0.349 e. The molecule has 4 rings (SSSR count). The highest BCUT2D eigenvalue weighted by Gasteiger charge is 2.35. The molecule has 2 fully saturated rings. The van der Waals surface area contributed by atoms with Crippen LogP contribution < -0.4 is 10.6 Å². The van der Waals surface area contributed by atoms with E-state index in [2.05, 4.69) is 42.5 Å². The number of halogens is 4. The van der Waals surface area contributed by atoms with Crippen LogP contribution in [0.4, 0.5) is 13.2 Å². The lowest BCUT2D eigenvalue weighted by atomic mass is 9.82. The van der Waals surface area contributed by atoms with Crippen LogP contribution in [0.1, 0.15) is 53.2 Å². The van der Waals surface area contributed by atoms with Gasteiger partial charge in [-0.15, -0.1) is 0 Å². The monoisotopic (exact) mass is 538 g/mol. The largest absolute Gasteiger partial charge is 0.416 e. The normalized spacial score (nSPS) is 21.5. The Hall–Kier alpha value is -2.46. The minimum absolute atomic E-state index is 0.0174. The van der Waals surface area contributed by atoms with Crippen LogP contribution in [0, 0.1) is 0 Å². The molecule has 0 unspecified atom stereocenters. The molecule has 1 aliphatic heterocycles. The number of likely N-dealkylation sites (tertiary alicyclic amines) is 1. The van der Waals surface area contributed by atoms with Crippen molar-refractivity contribution in [3.63, 3.8) is 0 Å². The van der Waals surface area contributed by atoms with E-state index >= 15 is 0 Å². The Bertz CT molecular complexity index is 1020. The molecule has 1 aliphatic carbocycles. The van der Waals surface area contributed by atoms with Gasteiger partial charge in [0.15, 0.2) is 0 Å². The van der Waals surface area contributed by atoms with E-state index in [9.17, 15) is 22.8 Å². The van der Waals surface area contributed by atoms with Gasteiger partial charge in [-0.1, -0.05) is 6.07 Å². The first kappa shape index (κ1) is 24.7. The highest BCUT2D eigenvalue weighted by molar-refractivity contribution is 9.10. The van der Waals surface area contributed by atoms with Gasteiger partial charge in [0.25, 0.3) is 5.91 Å². The second-order valence-corrected chi connectivity index (χ2v) is 9.80. The topological polar surface area (TPSA) is 74.3 Å². The SMILES string of the molecule is O=C(CNC(=O)c1cccc(C(F)(F)F)c1)NC1CN(C2CCC(c3ccc(Br)cn3)CC2)C1. The molecule has 1 saturated heterocycles. The van der Waals surface area contributed by atoms with Crippen molar-refractivity contribution in [2.75, 3.05) is 19.6 Å². The maximum absolute atomic E-state index is 12.8. The highest BCUT2D eigenvalue weighted by atomic mass is 79.9. The van der Waals surface area contributed by atoms with Gasteiger partial charge in [0, 0.05) is 47.0 Å². The number of nitrogens with zero attached hydrogens (tertiary/aromatic N) is 2. The predicted molar refractivity (Wildman–Crippen MR) is 124 cm³/mol. The van der Waals surface area contributed by atoms with Crippen LogP contribution in [0.5, 0.6) is 0 Å². The molecule has 34 heavy (non-hydrogen) atoms. The van der Waals surface area contributed by atoms with E-state index in [1.807, 2.05) is 12.3 Å². The molecule has 0 spiro atoms. The zero-order valence-electron chi connectivity index (χ0n) is 18.4. The Kier molecular flexibility index (Phi) is 7.57. The van der Waals surface area contributed by atoms with Gasteiger partial charge in [0.2, 0.25) is 5.91 Å². The molecule has 1 aromatic carbocycles. The van der Waals surface area contributed by atoms with E-state index in [0.717, 1.165) is 61.1 Å². The van der Waals surface area contributed by atoms with Crippen LogP contribution in [0.3, 0.4) is 0 Å². The molecule has 0 atom stereocenters. The first-order valence-corrected chi connectivity index (χ1v) is 12.1. The maximum Gasteiger partial charge on any atom is 0.416 e. The second kappa shape index (κ2) is 10.4. The molecule has 2 heterocycles. The number of pyridine rings is 1. The lowest BCUT2D eigenvalue weighted by Crippen LogP contribution is -2.63. The molecule has 2 N–H and O–H groups in total. The van der Waals surface area contributed by atoms with E-state index in [-0.39, 0.29) is 24.1 Å². The molecule has 6 nitrogen and oxygen atoms in total. The van der Waals surface area contributed by atoms with Gasteiger partial charge >= 0.3 is 6.18 Å². The van der Waals surface area contributed by atoms with Crippen LogP contribution >= 0.6 is 15.9 Å². The zero-order valence-corrected chi connectivity index (χ0v) is 20.0. The van der Waals surface area contributed by atoms with Gasteiger partial charge in [-0.25, -0.2) is 0 Å². The van der Waals surface area contributed by atoms with E-state index in [1.54, 1.807) is 0 Å². The van der Waals surface area contributed by atoms with Crippen LogP contribution in [0.2, 0.25) is 0 Å². The lowest BCUT2D eigenvalue weighted by Gasteiger charge is -2.46. The average Bonchev–Trinajstić information content (AvgIpc) is 2.80. The van der Waals surface area contributed by atoms with E-state index in [1.165, 1.54) is 12.1 Å². The van der Waals surface area contributed by atoms with Crippen molar-refractivity contribution in [3.05, 3.63) is 63.9 Å². The van der Waals surface area contributed by atoms with Gasteiger partial charge in [0.05, 0.1) is 18.2 Å². The molecule has 1 saturated carbocycles. The maximum atomic E-state index is 12.8. The van der Waals surface area contributed by atoms with Crippen molar-refractivity contribution in [3.8, 4) is 0 Å². The number of hydrogen-bond acceptors (Lipinski definition) is 4. The number of carbonyl (C=O) groups is 2. The smallest absolute Gasteiger partial charge is 0.349 e. The van der Waals surface area contributed by atoms with Crippen molar-refractivity contribution >= 4 is 27.7 Å². The summed E-state index contributed by atoms with van der Waals surface area (Å²) in [5.74, 6) is -0.579. The molecular weight excluding hydrogens is 513 g/mol. The Labute approximate surface area is 204 Å². The van der Waals surface area contributed by atoms with Crippen molar-refractivity contribution in [1.29, 1.82) is 0 Å². The summed E-state index contributed by atoms with van der Waals surface area (Å²) < 4.78 is 39.4. The van der Waals surface area contributed by atoms with Crippen LogP contribution in [0.15, 0.2) is 47.1 Å². The molecular formula is C24H26BrF3N4O2. The lowest BCUT2D eigenvalue weighted by molar-refractivity contribution is -0.137. The summed E-state index contributed by atoms with van der Waals surface area (Å²) in [6.07, 6.45) is 1.68. The van der Waals surface area contributed by atoms with E-state index in [4.69, 9.17) is 0 Å². The summed E-state index contributed by atoms with van der Waals surface area (Å²) in [5, 5.41) is 5.27. The molecule has 2 aliphatic rings.